The van der Waals surface area contributed by atoms with Crippen molar-refractivity contribution in [3.05, 3.63) is 47.1 Å². The summed E-state index contributed by atoms with van der Waals surface area (Å²) >= 11 is 1.72. The van der Waals surface area contributed by atoms with E-state index in [9.17, 15) is 4.79 Å². The molecule has 2 fully saturated rings. The Morgan fingerprint density at radius 3 is 2.96 bits per heavy atom. The minimum Gasteiger partial charge on any atom is -0.303 e. The molecule has 2 saturated heterocycles. The van der Waals surface area contributed by atoms with Crippen molar-refractivity contribution in [2.75, 3.05) is 24.5 Å². The van der Waals surface area contributed by atoms with Crippen molar-refractivity contribution in [2.45, 2.75) is 26.3 Å². The van der Waals surface area contributed by atoms with E-state index in [2.05, 4.69) is 35.0 Å². The summed E-state index contributed by atoms with van der Waals surface area (Å²) in [5.41, 5.74) is 1.39. The second kappa shape index (κ2) is 5.73. The highest BCUT2D eigenvalue weighted by Gasteiger charge is 2.47. The molecular weight excluding hydrogens is 306 g/mol. The molecular formula is C18H21N3OS. The minimum atomic E-state index is 0.136. The summed E-state index contributed by atoms with van der Waals surface area (Å²) in [5.74, 6) is 0.287. The maximum Gasteiger partial charge on any atom is 0.228 e. The molecule has 0 saturated carbocycles. The van der Waals surface area contributed by atoms with Crippen molar-refractivity contribution in [2.24, 2.45) is 5.41 Å². The van der Waals surface area contributed by atoms with E-state index in [1.54, 1.807) is 11.3 Å². The quantitative estimate of drug-likeness (QED) is 0.869. The van der Waals surface area contributed by atoms with Crippen LogP contribution in [0.3, 0.4) is 0 Å². The molecule has 2 aliphatic heterocycles. The van der Waals surface area contributed by atoms with Crippen LogP contribution in [0.5, 0.6) is 0 Å². The molecule has 0 radical (unpaired) electrons. The Bertz CT molecular complexity index is 714. The highest BCUT2D eigenvalue weighted by Crippen LogP contribution is 2.43. The Hall–Kier alpha value is -1.72. The van der Waals surface area contributed by atoms with Gasteiger partial charge in [-0.1, -0.05) is 6.07 Å². The molecule has 4 nitrogen and oxygen atoms in total. The van der Waals surface area contributed by atoms with E-state index in [1.165, 1.54) is 10.4 Å². The molecule has 1 atom stereocenters. The van der Waals surface area contributed by atoms with Gasteiger partial charge in [-0.3, -0.25) is 14.7 Å². The normalized spacial score (nSPS) is 24.9. The number of aromatic nitrogens is 1. The highest BCUT2D eigenvalue weighted by atomic mass is 32.1. The van der Waals surface area contributed by atoms with Crippen molar-refractivity contribution in [3.63, 3.8) is 0 Å². The summed E-state index contributed by atoms with van der Waals surface area (Å²) in [4.78, 5) is 22.4. The summed E-state index contributed by atoms with van der Waals surface area (Å²) in [6, 6.07) is 8.29. The number of amides is 1. The molecule has 5 heteroatoms. The smallest absolute Gasteiger partial charge is 0.228 e. The van der Waals surface area contributed by atoms with Crippen LogP contribution in [-0.4, -0.2) is 35.4 Å². The average Bonchev–Trinajstić information content (AvgIpc) is 3.21. The summed E-state index contributed by atoms with van der Waals surface area (Å²) in [6.45, 7) is 5.97. The lowest BCUT2D eigenvalue weighted by Crippen LogP contribution is -2.30. The monoisotopic (exact) mass is 327 g/mol. The molecule has 4 heterocycles. The molecule has 23 heavy (non-hydrogen) atoms. The first-order chi connectivity index (χ1) is 11.1. The summed E-state index contributed by atoms with van der Waals surface area (Å²) in [5, 5.41) is 1.11. The molecule has 2 aromatic rings. The molecule has 4 rings (SSSR count). The van der Waals surface area contributed by atoms with Gasteiger partial charge in [0.1, 0.15) is 0 Å². The van der Waals surface area contributed by atoms with Gasteiger partial charge in [0.15, 0.2) is 0 Å². The zero-order valence-electron chi connectivity index (χ0n) is 13.4. The predicted octanol–water partition coefficient (Wildman–Crippen LogP) is 3.08. The number of rotatable bonds is 3. The SMILES string of the molecule is Cc1ccc(N2C[C@@]3(CCN(Cc4cccnc4)C3)CC2=O)s1. The van der Waals surface area contributed by atoms with Crippen LogP contribution in [0.2, 0.25) is 0 Å². The van der Waals surface area contributed by atoms with Crippen molar-refractivity contribution in [1.29, 1.82) is 0 Å². The van der Waals surface area contributed by atoms with Gasteiger partial charge in [-0.25, -0.2) is 0 Å². The lowest BCUT2D eigenvalue weighted by atomic mass is 9.86. The Balaban J connectivity index is 1.45. The van der Waals surface area contributed by atoms with Crippen LogP contribution in [0.15, 0.2) is 36.7 Å². The number of aryl methyl sites for hydroxylation is 1. The van der Waals surface area contributed by atoms with Crippen LogP contribution in [0, 0.1) is 12.3 Å². The van der Waals surface area contributed by atoms with Gasteiger partial charge in [-0.05, 0) is 43.7 Å². The van der Waals surface area contributed by atoms with Gasteiger partial charge in [0, 0.05) is 48.7 Å². The largest absolute Gasteiger partial charge is 0.303 e. The maximum absolute atomic E-state index is 12.5. The molecule has 0 unspecified atom stereocenters. The average molecular weight is 327 g/mol. The standard InChI is InChI=1S/C18H21N3OS/c1-14-4-5-17(23-14)21-13-18(9-16(21)22)6-8-20(12-18)11-15-3-2-7-19-10-15/h2-5,7,10H,6,8-9,11-13H2,1H3/t18-/m0/s1. The molecule has 0 aliphatic carbocycles. The number of nitrogens with zero attached hydrogens (tertiary/aromatic N) is 3. The Kier molecular flexibility index (Phi) is 3.70. The van der Waals surface area contributed by atoms with Crippen LogP contribution in [-0.2, 0) is 11.3 Å². The number of carbonyl (C=O) groups is 1. The molecule has 0 bridgehead atoms. The van der Waals surface area contributed by atoms with E-state index < -0.39 is 0 Å². The molecule has 2 aliphatic rings. The molecule has 0 aromatic carbocycles. The van der Waals surface area contributed by atoms with Crippen LogP contribution in [0.25, 0.3) is 0 Å². The van der Waals surface area contributed by atoms with Crippen molar-refractivity contribution in [3.8, 4) is 0 Å². The van der Waals surface area contributed by atoms with Crippen LogP contribution < -0.4 is 4.90 Å². The lowest BCUT2D eigenvalue weighted by molar-refractivity contribution is -0.117. The third kappa shape index (κ3) is 2.91. The molecule has 1 spiro atoms. The van der Waals surface area contributed by atoms with Crippen molar-refractivity contribution >= 4 is 22.2 Å². The third-order valence-corrected chi connectivity index (χ3v) is 5.98. The zero-order chi connectivity index (χ0) is 15.9. The van der Waals surface area contributed by atoms with E-state index in [0.717, 1.165) is 37.6 Å². The van der Waals surface area contributed by atoms with Gasteiger partial charge in [-0.15, -0.1) is 11.3 Å². The Morgan fingerprint density at radius 2 is 2.22 bits per heavy atom. The van der Waals surface area contributed by atoms with Gasteiger partial charge < -0.3 is 4.90 Å². The van der Waals surface area contributed by atoms with E-state index in [0.29, 0.717) is 6.42 Å². The van der Waals surface area contributed by atoms with Crippen molar-refractivity contribution in [1.82, 2.24) is 9.88 Å². The van der Waals surface area contributed by atoms with Gasteiger partial charge in [0.2, 0.25) is 5.91 Å². The Morgan fingerprint density at radius 1 is 1.30 bits per heavy atom. The number of anilines is 1. The van der Waals surface area contributed by atoms with Crippen LogP contribution in [0.4, 0.5) is 5.00 Å². The number of carbonyl (C=O) groups excluding carboxylic acids is 1. The minimum absolute atomic E-state index is 0.136. The van der Waals surface area contributed by atoms with Gasteiger partial charge in [0.05, 0.1) is 5.00 Å². The number of hydrogen-bond donors (Lipinski definition) is 0. The molecule has 120 valence electrons. The number of likely N-dealkylation sites (tertiary alicyclic amines) is 1. The van der Waals surface area contributed by atoms with Gasteiger partial charge >= 0.3 is 0 Å². The van der Waals surface area contributed by atoms with E-state index in [-0.39, 0.29) is 11.3 Å². The van der Waals surface area contributed by atoms with Crippen molar-refractivity contribution < 1.29 is 4.79 Å². The summed E-state index contributed by atoms with van der Waals surface area (Å²) in [7, 11) is 0. The maximum atomic E-state index is 12.5. The van der Waals surface area contributed by atoms with Gasteiger partial charge in [-0.2, -0.15) is 0 Å². The fraction of sp³-hybridized carbons (Fsp3) is 0.444. The molecule has 2 aromatic heterocycles. The second-order valence-corrected chi connectivity index (χ2v) is 8.13. The Labute approximate surface area is 140 Å². The lowest BCUT2D eigenvalue weighted by Gasteiger charge is -2.23. The van der Waals surface area contributed by atoms with Crippen LogP contribution in [0.1, 0.15) is 23.3 Å². The van der Waals surface area contributed by atoms with E-state index in [1.807, 2.05) is 23.4 Å². The number of thiophene rings is 1. The zero-order valence-corrected chi connectivity index (χ0v) is 14.2. The fourth-order valence-electron chi connectivity index (χ4n) is 3.85. The third-order valence-electron chi connectivity index (χ3n) is 4.96. The first-order valence-corrected chi connectivity index (χ1v) is 8.93. The summed E-state index contributed by atoms with van der Waals surface area (Å²) < 4.78 is 0. The van der Waals surface area contributed by atoms with Crippen LogP contribution >= 0.6 is 11.3 Å². The predicted molar refractivity (Wildman–Crippen MR) is 92.6 cm³/mol. The topological polar surface area (TPSA) is 36.4 Å². The second-order valence-electron chi connectivity index (χ2n) is 6.86. The van der Waals surface area contributed by atoms with Gasteiger partial charge in [0.25, 0.3) is 0 Å². The van der Waals surface area contributed by atoms with E-state index >= 15 is 0 Å². The first-order valence-electron chi connectivity index (χ1n) is 8.12. The molecule has 1 amide bonds. The number of pyridine rings is 1. The van der Waals surface area contributed by atoms with E-state index in [4.69, 9.17) is 0 Å². The summed E-state index contributed by atoms with van der Waals surface area (Å²) in [6.07, 6.45) is 5.55. The highest BCUT2D eigenvalue weighted by molar-refractivity contribution is 7.16. The first kappa shape index (κ1) is 14.8. The fourth-order valence-corrected chi connectivity index (χ4v) is 4.73. The number of hydrogen-bond acceptors (Lipinski definition) is 4. The molecule has 0 N–H and O–H groups in total.